The molecule has 1 N–H and O–H groups in total. The van der Waals surface area contributed by atoms with Crippen molar-refractivity contribution < 1.29 is 83.5 Å². The number of carbonyl (C=O) groups excluding carboxylic acids is 1. The molecule has 0 radical (unpaired) electrons. The molecule has 1 aromatic heterocycles. The van der Waals surface area contributed by atoms with Gasteiger partial charge in [0.15, 0.2) is 0 Å². The van der Waals surface area contributed by atoms with Crippen LogP contribution in [0.5, 0.6) is 0 Å². The van der Waals surface area contributed by atoms with E-state index in [1.165, 1.54) is 12.5 Å². The molecule has 0 aliphatic heterocycles. The molecule has 25 heavy (non-hydrogen) atoms. The van der Waals surface area contributed by atoms with Crippen LogP contribution in [0.25, 0.3) is 0 Å². The van der Waals surface area contributed by atoms with Crippen LogP contribution in [-0.2, 0) is 62.8 Å². The van der Waals surface area contributed by atoms with Gasteiger partial charge in [0.2, 0.25) is 0 Å². The van der Waals surface area contributed by atoms with Gasteiger partial charge in [-0.25, -0.2) is 4.98 Å². The molecule has 128 valence electrons. The summed E-state index contributed by atoms with van der Waals surface area (Å²) in [6.45, 7) is 0. The molecule has 0 saturated carbocycles. The van der Waals surface area contributed by atoms with Crippen LogP contribution in [0.3, 0.4) is 0 Å². The Morgan fingerprint density at radius 2 is 2.00 bits per heavy atom. The van der Waals surface area contributed by atoms with Gasteiger partial charge in [0.25, 0.3) is 0 Å². The zero-order valence-corrected chi connectivity index (χ0v) is 24.3. The van der Waals surface area contributed by atoms with Gasteiger partial charge in [-0.05, 0) is 30.4 Å². The first-order chi connectivity index (χ1) is 10.5. The van der Waals surface area contributed by atoms with Crippen LogP contribution in [0, 0.1) is 0 Å². The van der Waals surface area contributed by atoms with E-state index in [1.807, 2.05) is 0 Å². The number of rotatable bonds is 11. The van der Waals surface area contributed by atoms with E-state index < -0.39 is 17.9 Å². The second kappa shape index (κ2) is 18.5. The fourth-order valence-electron chi connectivity index (χ4n) is 1.96. The first kappa shape index (κ1) is 30.8. The van der Waals surface area contributed by atoms with Crippen LogP contribution in [0.4, 0.5) is 0 Å². The first-order valence-corrected chi connectivity index (χ1v) is 8.30. The number of carboxylic acids is 1. The van der Waals surface area contributed by atoms with Gasteiger partial charge in [-0.2, -0.15) is 18.4 Å². The number of nitrogens with zero attached hydrogens (tertiary/aromatic N) is 2. The Morgan fingerprint density at radius 3 is 2.52 bits per heavy atom. The average molecular weight is 496 g/mol. The first-order valence-electron chi connectivity index (χ1n) is 7.21. The van der Waals surface area contributed by atoms with Crippen molar-refractivity contribution in [1.82, 2.24) is 9.97 Å². The van der Waals surface area contributed by atoms with Gasteiger partial charge in [0.05, 0.1) is 18.3 Å². The molecular weight excluding hydrogens is 476 g/mol. The molecule has 1 heterocycles. The number of hydrogen-bond acceptors (Lipinski definition) is 7. The summed E-state index contributed by atoms with van der Waals surface area (Å²) in [6.07, 6.45) is 6.55. The Labute approximate surface area is 207 Å². The van der Waals surface area contributed by atoms with Gasteiger partial charge in [-0.15, -0.1) is 0 Å². The quantitative estimate of drug-likeness (QED) is 0.0832. The van der Waals surface area contributed by atoms with Crippen LogP contribution < -0.4 is 39.8 Å². The van der Waals surface area contributed by atoms with Crippen molar-refractivity contribution in [3.8, 4) is 0 Å². The van der Waals surface area contributed by atoms with E-state index in [9.17, 15) is 15.0 Å². The minimum atomic E-state index is -1.36. The Bertz CT molecular complexity index is 482. The number of hydrogen-bond donors (Lipinski definition) is 2. The Morgan fingerprint density at radius 1 is 1.32 bits per heavy atom. The smallest absolute Gasteiger partial charge is 0.862 e. The summed E-state index contributed by atoms with van der Waals surface area (Å²) in [7, 11) is 0. The zero-order chi connectivity index (χ0) is 16.4. The summed E-state index contributed by atoms with van der Waals surface area (Å²) in [6, 6.07) is -1.18. The molecule has 11 heteroatoms. The fraction of sp³-hybridized carbons (Fsp3) is 0.643. The molecular formula is C14H20N3NaO3S2Zn2-2. The third-order valence-electron chi connectivity index (χ3n) is 3.17. The summed E-state index contributed by atoms with van der Waals surface area (Å²) in [4.78, 5) is 21.3. The molecule has 0 amide bonds. The minimum Gasteiger partial charge on any atom is -0.862 e. The SMILES string of the molecule is O=C([O-])[C@H](Cc1cnc[nH]1)N=C([O-])CCCCC(S)CC[S-].[Na+].[Zn].[Zn]. The van der Waals surface area contributed by atoms with Crippen LogP contribution in [-0.4, -0.2) is 38.9 Å². The largest absolute Gasteiger partial charge is 1.00 e. The second-order valence-electron chi connectivity index (χ2n) is 5.03. The van der Waals surface area contributed by atoms with Crippen LogP contribution >= 0.6 is 12.6 Å². The molecule has 0 fully saturated rings. The van der Waals surface area contributed by atoms with Gasteiger partial charge >= 0.3 is 29.6 Å². The van der Waals surface area contributed by atoms with Crippen molar-refractivity contribution in [3.63, 3.8) is 0 Å². The van der Waals surface area contributed by atoms with Crippen molar-refractivity contribution in [2.24, 2.45) is 4.99 Å². The third kappa shape index (κ3) is 14.8. The number of aromatic amines is 1. The summed E-state index contributed by atoms with van der Waals surface area (Å²) in [5.41, 5.74) is 0.604. The molecule has 0 aliphatic rings. The molecule has 0 saturated heterocycles. The van der Waals surface area contributed by atoms with Crippen LogP contribution in [0.15, 0.2) is 17.5 Å². The van der Waals surface area contributed by atoms with Crippen molar-refractivity contribution in [2.45, 2.75) is 49.8 Å². The number of unbranched alkanes of at least 4 members (excludes halogenated alkanes) is 1. The number of carbonyl (C=O) groups is 1. The molecule has 2 atom stereocenters. The summed E-state index contributed by atoms with van der Waals surface area (Å²) in [5, 5.41) is 23.0. The summed E-state index contributed by atoms with van der Waals surface area (Å²) < 4.78 is 0. The number of aliphatic carboxylic acids is 1. The van der Waals surface area contributed by atoms with Crippen LogP contribution in [0.2, 0.25) is 0 Å². The van der Waals surface area contributed by atoms with Gasteiger partial charge in [-0.3, -0.25) is 4.99 Å². The predicted octanol–water partition coefficient (Wildman–Crippen LogP) is -3.38. The second-order valence-corrected chi connectivity index (χ2v) is 6.17. The van der Waals surface area contributed by atoms with Crippen molar-refractivity contribution in [2.75, 3.05) is 5.75 Å². The normalized spacial score (nSPS) is 13.0. The van der Waals surface area contributed by atoms with E-state index in [1.54, 1.807) is 0 Å². The van der Waals surface area contributed by atoms with Crippen molar-refractivity contribution >= 4 is 37.1 Å². The average Bonchev–Trinajstić information content (AvgIpc) is 2.96. The number of thiol groups is 1. The Hall–Kier alpha value is 1.10. The molecule has 0 spiro atoms. The standard InChI is InChI=1S/C14H23N3O3S2.Na.2Zn/c18-13(4-2-1-3-11(22)5-6-21)17-12(14(19)20)7-10-8-15-9-16-10;;;/h8-9,11-12,21-22H,1-7H2,(H,15,16)(H,17,18)(H,19,20);;;/q;+1;;/p-3/t11?,12-;;;/m0.../s1. The van der Waals surface area contributed by atoms with E-state index in [4.69, 9.17) is 12.6 Å². The van der Waals surface area contributed by atoms with Gasteiger partial charge in [0, 0.05) is 57.3 Å². The maximum absolute atomic E-state index is 11.7. The van der Waals surface area contributed by atoms with Crippen LogP contribution in [0.1, 0.15) is 37.8 Å². The fourth-order valence-corrected chi connectivity index (χ4v) is 2.73. The number of aromatic nitrogens is 2. The molecule has 0 bridgehead atoms. The molecule has 6 nitrogen and oxygen atoms in total. The third-order valence-corrected chi connectivity index (χ3v) is 3.92. The maximum atomic E-state index is 11.7. The van der Waals surface area contributed by atoms with E-state index >= 15 is 0 Å². The zero-order valence-electron chi connectivity index (χ0n) is 14.6. The van der Waals surface area contributed by atoms with Crippen molar-refractivity contribution in [1.29, 1.82) is 0 Å². The van der Waals surface area contributed by atoms with E-state index in [-0.39, 0.29) is 86.6 Å². The summed E-state index contributed by atoms with van der Waals surface area (Å²) in [5.74, 6) is -1.08. The minimum absolute atomic E-state index is 0. The number of nitrogens with one attached hydrogen (secondary N) is 1. The number of imidazole rings is 1. The topological polar surface area (TPSA) is 104 Å². The van der Waals surface area contributed by atoms with E-state index in [2.05, 4.69) is 27.6 Å². The maximum Gasteiger partial charge on any atom is 1.00 e. The van der Waals surface area contributed by atoms with E-state index in [0.29, 0.717) is 17.9 Å². The number of aliphatic imine (C=N–C) groups is 1. The number of carboxylic acid groups (broad SMARTS) is 1. The van der Waals surface area contributed by atoms with Gasteiger partial charge in [0.1, 0.15) is 0 Å². The number of H-pyrrole nitrogens is 1. The van der Waals surface area contributed by atoms with Gasteiger partial charge < -0.3 is 32.6 Å². The molecule has 0 aromatic carbocycles. The molecule has 1 aromatic rings. The monoisotopic (exact) mass is 493 g/mol. The predicted molar refractivity (Wildman–Crippen MR) is 86.6 cm³/mol. The summed E-state index contributed by atoms with van der Waals surface area (Å²) >= 11 is 9.28. The Kier molecular flexibility index (Phi) is 22.8. The van der Waals surface area contributed by atoms with E-state index in [0.717, 1.165) is 19.3 Å². The Balaban J connectivity index is -0.00000161. The molecule has 0 aliphatic carbocycles. The van der Waals surface area contributed by atoms with Crippen molar-refractivity contribution in [3.05, 3.63) is 18.2 Å². The van der Waals surface area contributed by atoms with Gasteiger partial charge in [-0.1, -0.05) is 12.8 Å². The molecule has 1 rings (SSSR count). The molecule has 1 unspecified atom stereocenters.